The van der Waals surface area contributed by atoms with Gasteiger partial charge in [0.25, 0.3) is 0 Å². The zero-order valence-corrected chi connectivity index (χ0v) is 13.9. The zero-order valence-electron chi connectivity index (χ0n) is 13.9. The average molecular weight is 316 g/mol. The first kappa shape index (κ1) is 17.0. The van der Waals surface area contributed by atoms with Gasteiger partial charge in [-0.1, -0.05) is 0 Å². The fourth-order valence-corrected chi connectivity index (χ4v) is 2.20. The van der Waals surface area contributed by atoms with Crippen LogP contribution in [0.1, 0.15) is 13.8 Å². The summed E-state index contributed by atoms with van der Waals surface area (Å²) in [5, 5.41) is 14.2. The lowest BCUT2D eigenvalue weighted by Crippen LogP contribution is -2.21. The number of aromatic nitrogens is 3. The third-order valence-electron chi connectivity index (χ3n) is 3.42. The number of hydrogen-bond donors (Lipinski definition) is 2. The second-order valence-electron chi connectivity index (χ2n) is 4.93. The maximum absolute atomic E-state index is 4.98. The minimum atomic E-state index is 0.479. The summed E-state index contributed by atoms with van der Waals surface area (Å²) in [5.74, 6) is 1.13. The van der Waals surface area contributed by atoms with Gasteiger partial charge >= 0.3 is 0 Å². The highest BCUT2D eigenvalue weighted by atomic mass is 16.5. The van der Waals surface area contributed by atoms with Gasteiger partial charge < -0.3 is 20.3 Å². The summed E-state index contributed by atoms with van der Waals surface area (Å²) in [6.45, 7) is 7.53. The molecule has 0 aliphatic heterocycles. The summed E-state index contributed by atoms with van der Waals surface area (Å²) in [6, 6.07) is 8.27. The van der Waals surface area contributed by atoms with Crippen LogP contribution in [0.15, 0.2) is 30.5 Å². The first-order valence-electron chi connectivity index (χ1n) is 7.81. The summed E-state index contributed by atoms with van der Waals surface area (Å²) in [7, 11) is 1.65. The van der Waals surface area contributed by atoms with E-state index in [1.165, 1.54) is 5.69 Å². The Hall–Kier alpha value is -2.41. The molecule has 0 fully saturated rings. The summed E-state index contributed by atoms with van der Waals surface area (Å²) in [4.78, 5) is 6.67. The molecule has 2 aromatic rings. The van der Waals surface area contributed by atoms with Gasteiger partial charge in [0.2, 0.25) is 5.95 Å². The Labute approximate surface area is 137 Å². The van der Waals surface area contributed by atoms with E-state index in [4.69, 9.17) is 4.74 Å². The molecule has 124 valence electrons. The molecule has 0 aliphatic rings. The van der Waals surface area contributed by atoms with Gasteiger partial charge in [0.15, 0.2) is 5.82 Å². The second kappa shape index (κ2) is 8.89. The average Bonchev–Trinajstić information content (AvgIpc) is 2.58. The second-order valence-corrected chi connectivity index (χ2v) is 4.93. The van der Waals surface area contributed by atoms with Gasteiger partial charge in [-0.2, -0.15) is 10.1 Å². The summed E-state index contributed by atoms with van der Waals surface area (Å²) in [6.07, 6.45) is 1.60. The van der Waals surface area contributed by atoms with Crippen LogP contribution < -0.4 is 15.5 Å². The number of rotatable bonds is 9. The standard InChI is InChI=1S/C16H24N6O/c1-4-22(5-2)14-8-6-13(7-9-14)19-15-12-18-21-16(20-15)17-10-11-23-3/h6-9,12H,4-5,10-11H2,1-3H3,(H2,17,19,20,21). The van der Waals surface area contributed by atoms with Crippen LogP contribution in [-0.4, -0.2) is 48.5 Å². The number of anilines is 4. The smallest absolute Gasteiger partial charge is 0.244 e. The van der Waals surface area contributed by atoms with E-state index in [1.807, 2.05) is 12.1 Å². The number of benzene rings is 1. The Balaban J connectivity index is 2.00. The molecule has 1 aromatic carbocycles. The summed E-state index contributed by atoms with van der Waals surface area (Å²) >= 11 is 0. The lowest BCUT2D eigenvalue weighted by molar-refractivity contribution is 0.210. The number of methoxy groups -OCH3 is 1. The first-order valence-corrected chi connectivity index (χ1v) is 7.81. The van der Waals surface area contributed by atoms with Crippen molar-refractivity contribution < 1.29 is 4.74 Å². The molecule has 1 aromatic heterocycles. The molecule has 2 rings (SSSR count). The highest BCUT2D eigenvalue weighted by molar-refractivity contribution is 5.60. The highest BCUT2D eigenvalue weighted by Gasteiger charge is 2.03. The lowest BCUT2D eigenvalue weighted by atomic mass is 10.2. The maximum atomic E-state index is 4.98. The van der Waals surface area contributed by atoms with Crippen molar-refractivity contribution in [1.29, 1.82) is 0 Å². The summed E-state index contributed by atoms with van der Waals surface area (Å²) < 4.78 is 4.98. The zero-order chi connectivity index (χ0) is 16.5. The Kier molecular flexibility index (Phi) is 6.56. The van der Waals surface area contributed by atoms with E-state index >= 15 is 0 Å². The van der Waals surface area contributed by atoms with Gasteiger partial charge in [0.1, 0.15) is 0 Å². The van der Waals surface area contributed by atoms with Crippen molar-refractivity contribution in [1.82, 2.24) is 15.2 Å². The van der Waals surface area contributed by atoms with Crippen LogP contribution >= 0.6 is 0 Å². The topological polar surface area (TPSA) is 75.2 Å². The van der Waals surface area contributed by atoms with E-state index < -0.39 is 0 Å². The van der Waals surface area contributed by atoms with Crippen molar-refractivity contribution in [2.45, 2.75) is 13.8 Å². The van der Waals surface area contributed by atoms with Crippen LogP contribution in [0.3, 0.4) is 0 Å². The quantitative estimate of drug-likeness (QED) is 0.688. The van der Waals surface area contributed by atoms with Crippen LogP contribution in [0.2, 0.25) is 0 Å². The Bertz CT molecular complexity index is 585. The highest BCUT2D eigenvalue weighted by Crippen LogP contribution is 2.20. The molecule has 0 bridgehead atoms. The SMILES string of the molecule is CCN(CC)c1ccc(Nc2cnnc(NCCOC)n2)cc1. The van der Waals surface area contributed by atoms with E-state index in [0.717, 1.165) is 18.8 Å². The fraction of sp³-hybridized carbons (Fsp3) is 0.438. The molecule has 0 unspecified atom stereocenters. The molecule has 23 heavy (non-hydrogen) atoms. The molecule has 2 N–H and O–H groups in total. The predicted molar refractivity (Wildman–Crippen MR) is 93.5 cm³/mol. The molecule has 7 heteroatoms. The lowest BCUT2D eigenvalue weighted by Gasteiger charge is -2.21. The Morgan fingerprint density at radius 3 is 2.52 bits per heavy atom. The minimum absolute atomic E-state index is 0.479. The number of ether oxygens (including phenoxy) is 1. The maximum Gasteiger partial charge on any atom is 0.244 e. The van der Waals surface area contributed by atoms with Gasteiger partial charge in [-0.15, -0.1) is 5.10 Å². The van der Waals surface area contributed by atoms with Gasteiger partial charge in [0.05, 0.1) is 12.8 Å². The molecule has 0 saturated heterocycles. The molecule has 0 amide bonds. The Morgan fingerprint density at radius 2 is 1.87 bits per heavy atom. The molecule has 0 saturated carbocycles. The van der Waals surface area contributed by atoms with Crippen molar-refractivity contribution >= 4 is 23.1 Å². The van der Waals surface area contributed by atoms with Gasteiger partial charge in [-0.3, -0.25) is 0 Å². The van der Waals surface area contributed by atoms with Gasteiger partial charge in [-0.05, 0) is 38.1 Å². The predicted octanol–water partition coefficient (Wildman–Crippen LogP) is 2.52. The van der Waals surface area contributed by atoms with E-state index in [-0.39, 0.29) is 0 Å². The molecule has 0 radical (unpaired) electrons. The van der Waals surface area contributed by atoms with Crippen molar-refractivity contribution in [2.75, 3.05) is 48.9 Å². The van der Waals surface area contributed by atoms with Gasteiger partial charge in [0, 0.05) is 38.1 Å². The van der Waals surface area contributed by atoms with E-state index in [9.17, 15) is 0 Å². The van der Waals surface area contributed by atoms with Crippen molar-refractivity contribution in [2.24, 2.45) is 0 Å². The van der Waals surface area contributed by atoms with Crippen molar-refractivity contribution in [3.63, 3.8) is 0 Å². The van der Waals surface area contributed by atoms with E-state index in [0.29, 0.717) is 24.9 Å². The molecule has 0 atom stereocenters. The largest absolute Gasteiger partial charge is 0.383 e. The molecular weight excluding hydrogens is 292 g/mol. The molecular formula is C16H24N6O. The third-order valence-corrected chi connectivity index (χ3v) is 3.42. The fourth-order valence-electron chi connectivity index (χ4n) is 2.20. The molecule has 0 aliphatic carbocycles. The number of hydrogen-bond acceptors (Lipinski definition) is 7. The minimum Gasteiger partial charge on any atom is -0.383 e. The van der Waals surface area contributed by atoms with Crippen LogP contribution in [-0.2, 0) is 4.74 Å². The van der Waals surface area contributed by atoms with Crippen molar-refractivity contribution in [3.8, 4) is 0 Å². The normalized spacial score (nSPS) is 10.4. The number of nitrogens with one attached hydrogen (secondary N) is 2. The Morgan fingerprint density at radius 1 is 1.13 bits per heavy atom. The number of nitrogens with zero attached hydrogens (tertiary/aromatic N) is 4. The molecule has 1 heterocycles. The molecule has 0 spiro atoms. The van der Waals surface area contributed by atoms with Gasteiger partial charge in [-0.25, -0.2) is 0 Å². The van der Waals surface area contributed by atoms with Crippen LogP contribution in [0.25, 0.3) is 0 Å². The van der Waals surface area contributed by atoms with Crippen LogP contribution in [0, 0.1) is 0 Å². The van der Waals surface area contributed by atoms with E-state index in [2.05, 4.69) is 56.7 Å². The van der Waals surface area contributed by atoms with Crippen LogP contribution in [0.5, 0.6) is 0 Å². The third kappa shape index (κ3) is 5.07. The molecule has 7 nitrogen and oxygen atoms in total. The summed E-state index contributed by atoms with van der Waals surface area (Å²) in [5.41, 5.74) is 2.17. The monoisotopic (exact) mass is 316 g/mol. The van der Waals surface area contributed by atoms with Crippen LogP contribution in [0.4, 0.5) is 23.1 Å². The first-order chi connectivity index (χ1) is 11.3. The van der Waals surface area contributed by atoms with E-state index in [1.54, 1.807) is 13.3 Å². The van der Waals surface area contributed by atoms with Crippen molar-refractivity contribution in [3.05, 3.63) is 30.5 Å².